The van der Waals surface area contributed by atoms with Gasteiger partial charge in [0.2, 0.25) is 0 Å². The highest BCUT2D eigenvalue weighted by atomic mass is 14.4. The normalized spacial score (nSPS) is 36.0. The first-order valence-electron chi connectivity index (χ1n) is 9.13. The molecule has 0 unspecified atom stereocenters. The second kappa shape index (κ2) is 7.94. The van der Waals surface area contributed by atoms with E-state index in [-0.39, 0.29) is 5.41 Å². The monoisotopic (exact) mass is 284 g/mol. The lowest BCUT2D eigenvalue weighted by molar-refractivity contribution is 0.121. The zero-order valence-corrected chi connectivity index (χ0v) is 14.3. The van der Waals surface area contributed by atoms with Crippen molar-refractivity contribution in [2.45, 2.75) is 85.0 Å². The van der Waals surface area contributed by atoms with Crippen molar-refractivity contribution in [3.05, 3.63) is 0 Å². The minimum absolute atomic E-state index is 0.289. The van der Waals surface area contributed by atoms with E-state index >= 15 is 0 Å². The lowest BCUT2D eigenvalue weighted by atomic mass is 9.63. The SMILES string of the molecule is CC#CC#CC1(CCC)CCC(C2CCC(C)CC2)CC1. The van der Waals surface area contributed by atoms with Gasteiger partial charge in [-0.25, -0.2) is 0 Å². The van der Waals surface area contributed by atoms with Crippen molar-refractivity contribution < 1.29 is 0 Å². The van der Waals surface area contributed by atoms with Crippen molar-refractivity contribution in [3.8, 4) is 23.7 Å². The van der Waals surface area contributed by atoms with E-state index in [1.807, 2.05) is 6.92 Å². The molecule has 0 N–H and O–H groups in total. The molecule has 0 atom stereocenters. The van der Waals surface area contributed by atoms with Crippen LogP contribution in [0.25, 0.3) is 0 Å². The van der Waals surface area contributed by atoms with E-state index in [1.54, 1.807) is 0 Å². The van der Waals surface area contributed by atoms with E-state index in [1.165, 1.54) is 64.2 Å². The minimum atomic E-state index is 0.289. The van der Waals surface area contributed by atoms with Crippen molar-refractivity contribution in [2.24, 2.45) is 23.2 Å². The van der Waals surface area contributed by atoms with E-state index in [9.17, 15) is 0 Å². The molecule has 0 amide bonds. The van der Waals surface area contributed by atoms with Crippen LogP contribution >= 0.6 is 0 Å². The zero-order valence-electron chi connectivity index (χ0n) is 14.3. The quantitative estimate of drug-likeness (QED) is 0.573. The summed E-state index contributed by atoms with van der Waals surface area (Å²) < 4.78 is 0. The maximum atomic E-state index is 3.54. The third-order valence-electron chi connectivity index (χ3n) is 5.96. The highest BCUT2D eigenvalue weighted by molar-refractivity contribution is 5.28. The van der Waals surface area contributed by atoms with Crippen LogP contribution in [0.1, 0.15) is 85.0 Å². The van der Waals surface area contributed by atoms with Gasteiger partial charge in [-0.3, -0.25) is 0 Å². The maximum Gasteiger partial charge on any atom is 0.0325 e. The first-order valence-corrected chi connectivity index (χ1v) is 9.13. The molecule has 2 aliphatic rings. The average molecular weight is 284 g/mol. The lowest BCUT2D eigenvalue weighted by Gasteiger charge is -2.41. The van der Waals surface area contributed by atoms with Crippen LogP contribution in [0.3, 0.4) is 0 Å². The van der Waals surface area contributed by atoms with Crippen LogP contribution in [0, 0.1) is 46.9 Å². The third-order valence-corrected chi connectivity index (χ3v) is 5.96. The Hall–Kier alpha value is -0.880. The molecule has 2 fully saturated rings. The summed E-state index contributed by atoms with van der Waals surface area (Å²) in [6, 6.07) is 0. The van der Waals surface area contributed by atoms with Gasteiger partial charge in [-0.05, 0) is 81.5 Å². The molecule has 0 aromatic rings. The Bertz CT molecular complexity index is 420. The van der Waals surface area contributed by atoms with Crippen molar-refractivity contribution >= 4 is 0 Å². The number of hydrogen-bond donors (Lipinski definition) is 0. The Labute approximate surface area is 132 Å². The molecule has 0 aliphatic heterocycles. The Kier molecular flexibility index (Phi) is 6.23. The van der Waals surface area contributed by atoms with Gasteiger partial charge in [-0.2, -0.15) is 0 Å². The second-order valence-electron chi connectivity index (χ2n) is 7.51. The summed E-state index contributed by atoms with van der Waals surface area (Å²) in [6.45, 7) is 6.60. The summed E-state index contributed by atoms with van der Waals surface area (Å²) in [5.41, 5.74) is 0.289. The average Bonchev–Trinajstić information content (AvgIpc) is 2.50. The Morgan fingerprint density at radius 2 is 1.52 bits per heavy atom. The lowest BCUT2D eigenvalue weighted by Crippen LogP contribution is -2.30. The molecular formula is C21H32. The topological polar surface area (TPSA) is 0 Å². The molecule has 0 bridgehead atoms. The molecule has 0 spiro atoms. The molecule has 0 heterocycles. The van der Waals surface area contributed by atoms with Gasteiger partial charge >= 0.3 is 0 Å². The largest absolute Gasteiger partial charge is 0.0925 e. The fraction of sp³-hybridized carbons (Fsp3) is 0.810. The van der Waals surface area contributed by atoms with Crippen LogP contribution in [0.2, 0.25) is 0 Å². The van der Waals surface area contributed by atoms with Crippen molar-refractivity contribution in [3.63, 3.8) is 0 Å². The van der Waals surface area contributed by atoms with Gasteiger partial charge in [0.1, 0.15) is 0 Å². The molecular weight excluding hydrogens is 252 g/mol. The Morgan fingerprint density at radius 3 is 2.10 bits per heavy atom. The van der Waals surface area contributed by atoms with Gasteiger partial charge in [0, 0.05) is 5.41 Å². The van der Waals surface area contributed by atoms with Crippen molar-refractivity contribution in [1.29, 1.82) is 0 Å². The summed E-state index contributed by atoms with van der Waals surface area (Å²) in [5.74, 6) is 15.5. The zero-order chi connectivity index (χ0) is 15.1. The van der Waals surface area contributed by atoms with Crippen LogP contribution in [0.15, 0.2) is 0 Å². The second-order valence-corrected chi connectivity index (χ2v) is 7.51. The highest BCUT2D eigenvalue weighted by Gasteiger charge is 2.36. The van der Waals surface area contributed by atoms with Gasteiger partial charge in [0.25, 0.3) is 0 Å². The van der Waals surface area contributed by atoms with E-state index < -0.39 is 0 Å². The van der Waals surface area contributed by atoms with E-state index in [0.29, 0.717) is 0 Å². The van der Waals surface area contributed by atoms with Gasteiger partial charge in [0.15, 0.2) is 0 Å². The van der Waals surface area contributed by atoms with Crippen LogP contribution < -0.4 is 0 Å². The summed E-state index contributed by atoms with van der Waals surface area (Å²) in [4.78, 5) is 0. The first kappa shape index (κ1) is 16.5. The standard InChI is InChI=1S/C21H32/c1-4-6-7-15-21(14-5-2)16-12-20(13-17-21)19-10-8-18(3)9-11-19/h18-20H,5,8-14,16-17H2,1-3H3. The molecule has 21 heavy (non-hydrogen) atoms. The molecule has 2 rings (SSSR count). The number of rotatable bonds is 3. The van der Waals surface area contributed by atoms with Crippen molar-refractivity contribution in [2.75, 3.05) is 0 Å². The van der Waals surface area contributed by atoms with E-state index in [4.69, 9.17) is 0 Å². The number of hydrogen-bond acceptors (Lipinski definition) is 0. The van der Waals surface area contributed by atoms with Gasteiger partial charge in [-0.1, -0.05) is 45.0 Å². The third kappa shape index (κ3) is 4.54. The van der Waals surface area contributed by atoms with E-state index in [0.717, 1.165) is 17.8 Å². The van der Waals surface area contributed by atoms with Crippen LogP contribution in [0.4, 0.5) is 0 Å². The maximum absolute atomic E-state index is 3.54. The minimum Gasteiger partial charge on any atom is -0.0925 e. The van der Waals surface area contributed by atoms with E-state index in [2.05, 4.69) is 37.5 Å². The summed E-state index contributed by atoms with van der Waals surface area (Å²) in [6.07, 6.45) is 13.9. The molecule has 2 saturated carbocycles. The van der Waals surface area contributed by atoms with Crippen LogP contribution in [-0.2, 0) is 0 Å². The molecule has 0 heteroatoms. The van der Waals surface area contributed by atoms with Crippen molar-refractivity contribution in [1.82, 2.24) is 0 Å². The predicted molar refractivity (Wildman–Crippen MR) is 91.6 cm³/mol. The van der Waals surface area contributed by atoms with Crippen LogP contribution in [-0.4, -0.2) is 0 Å². The summed E-state index contributed by atoms with van der Waals surface area (Å²) >= 11 is 0. The molecule has 0 aromatic carbocycles. The fourth-order valence-electron chi connectivity index (χ4n) is 4.56. The summed E-state index contributed by atoms with van der Waals surface area (Å²) in [7, 11) is 0. The molecule has 0 radical (unpaired) electrons. The molecule has 116 valence electrons. The molecule has 0 aromatic heterocycles. The predicted octanol–water partition coefficient (Wildman–Crippen LogP) is 5.82. The van der Waals surface area contributed by atoms with Gasteiger partial charge < -0.3 is 0 Å². The Balaban J connectivity index is 1.93. The van der Waals surface area contributed by atoms with Gasteiger partial charge in [0.05, 0.1) is 0 Å². The smallest absolute Gasteiger partial charge is 0.0325 e. The molecule has 0 nitrogen and oxygen atoms in total. The Morgan fingerprint density at radius 1 is 0.905 bits per heavy atom. The first-order chi connectivity index (χ1) is 10.2. The fourth-order valence-corrected chi connectivity index (χ4v) is 4.56. The summed E-state index contributed by atoms with van der Waals surface area (Å²) in [5, 5.41) is 0. The molecule has 0 saturated heterocycles. The highest BCUT2D eigenvalue weighted by Crippen LogP contribution is 2.47. The molecule has 2 aliphatic carbocycles. The van der Waals surface area contributed by atoms with Crippen LogP contribution in [0.5, 0.6) is 0 Å². The van der Waals surface area contributed by atoms with Gasteiger partial charge in [-0.15, -0.1) is 0 Å².